The third kappa shape index (κ3) is 5.49. The fourth-order valence-corrected chi connectivity index (χ4v) is 2.77. The molecular weight excluding hydrogens is 258 g/mol. The topological polar surface area (TPSA) is 89.6 Å². The molecule has 5 nitrogen and oxygen atoms in total. The average molecular weight is 285 g/mol. The summed E-state index contributed by atoms with van der Waals surface area (Å²) in [4.78, 5) is 23.3. The molecule has 0 amide bonds. The monoisotopic (exact) mass is 285 g/mol. The lowest BCUT2D eigenvalue weighted by molar-refractivity contribution is -0.163. The molecule has 1 aliphatic carbocycles. The largest absolute Gasteiger partial charge is 0.480 e. The van der Waals surface area contributed by atoms with E-state index in [0.29, 0.717) is 0 Å². The Labute approximate surface area is 120 Å². The van der Waals surface area contributed by atoms with Crippen LogP contribution in [-0.2, 0) is 14.3 Å². The summed E-state index contributed by atoms with van der Waals surface area (Å²) in [6.07, 6.45) is 5.43. The molecule has 116 valence electrons. The van der Waals surface area contributed by atoms with Crippen molar-refractivity contribution < 1.29 is 19.4 Å². The van der Waals surface area contributed by atoms with Crippen molar-refractivity contribution in [1.29, 1.82) is 0 Å². The Balaban J connectivity index is 2.77. The highest BCUT2D eigenvalue weighted by Gasteiger charge is 2.35. The van der Waals surface area contributed by atoms with Crippen molar-refractivity contribution >= 4 is 11.9 Å². The Morgan fingerprint density at radius 1 is 1.25 bits per heavy atom. The molecule has 0 aromatic carbocycles. The van der Waals surface area contributed by atoms with Crippen LogP contribution in [0.25, 0.3) is 0 Å². The van der Waals surface area contributed by atoms with Gasteiger partial charge in [-0.25, -0.2) is 0 Å². The number of rotatable bonds is 5. The molecule has 1 fully saturated rings. The lowest BCUT2D eigenvalue weighted by Crippen LogP contribution is -2.40. The second kappa shape index (κ2) is 7.07. The summed E-state index contributed by atoms with van der Waals surface area (Å²) < 4.78 is 5.45. The van der Waals surface area contributed by atoms with Crippen molar-refractivity contribution in [3.05, 3.63) is 0 Å². The minimum absolute atomic E-state index is 0.162. The predicted molar refractivity (Wildman–Crippen MR) is 76.1 cm³/mol. The Morgan fingerprint density at radius 2 is 1.80 bits per heavy atom. The first-order valence-electron chi connectivity index (χ1n) is 7.42. The molecule has 0 aliphatic heterocycles. The van der Waals surface area contributed by atoms with Crippen LogP contribution in [0.2, 0.25) is 0 Å². The van der Waals surface area contributed by atoms with Gasteiger partial charge in [0, 0.05) is 0 Å². The zero-order chi connectivity index (χ0) is 15.3. The van der Waals surface area contributed by atoms with Crippen LogP contribution >= 0.6 is 0 Å². The number of hydrogen-bond acceptors (Lipinski definition) is 4. The summed E-state index contributed by atoms with van der Waals surface area (Å²) in [7, 11) is 0. The van der Waals surface area contributed by atoms with Crippen LogP contribution in [0.1, 0.15) is 59.3 Å². The number of carbonyl (C=O) groups excluding carboxylic acids is 1. The van der Waals surface area contributed by atoms with Crippen LogP contribution in [0, 0.1) is 11.8 Å². The van der Waals surface area contributed by atoms with Crippen molar-refractivity contribution in [2.75, 3.05) is 0 Å². The molecule has 5 heteroatoms. The molecule has 3 N–H and O–H groups in total. The summed E-state index contributed by atoms with van der Waals surface area (Å²) in [5.41, 5.74) is 5.06. The van der Waals surface area contributed by atoms with E-state index in [2.05, 4.69) is 0 Å². The number of carbonyl (C=O) groups is 2. The van der Waals surface area contributed by atoms with E-state index < -0.39 is 23.5 Å². The van der Waals surface area contributed by atoms with E-state index >= 15 is 0 Å². The van der Waals surface area contributed by atoms with Gasteiger partial charge in [0.25, 0.3) is 0 Å². The van der Waals surface area contributed by atoms with E-state index in [1.807, 2.05) is 20.8 Å². The maximum atomic E-state index is 12.3. The lowest BCUT2D eigenvalue weighted by Gasteiger charge is -2.32. The van der Waals surface area contributed by atoms with Crippen molar-refractivity contribution in [2.24, 2.45) is 17.6 Å². The highest BCUT2D eigenvalue weighted by Crippen LogP contribution is 2.33. The quantitative estimate of drug-likeness (QED) is 0.757. The first kappa shape index (κ1) is 17.0. The van der Waals surface area contributed by atoms with Gasteiger partial charge in [-0.3, -0.25) is 9.59 Å². The molecule has 2 atom stereocenters. The van der Waals surface area contributed by atoms with Crippen molar-refractivity contribution in [2.45, 2.75) is 70.9 Å². The third-order valence-corrected chi connectivity index (χ3v) is 3.75. The van der Waals surface area contributed by atoms with E-state index in [-0.39, 0.29) is 18.3 Å². The van der Waals surface area contributed by atoms with Crippen LogP contribution in [-0.4, -0.2) is 28.7 Å². The van der Waals surface area contributed by atoms with Crippen LogP contribution < -0.4 is 5.73 Å². The molecular formula is C15H27NO4. The fourth-order valence-electron chi connectivity index (χ4n) is 2.77. The zero-order valence-corrected chi connectivity index (χ0v) is 12.7. The average Bonchev–Trinajstić information content (AvgIpc) is 2.34. The summed E-state index contributed by atoms with van der Waals surface area (Å²) in [6.45, 7) is 5.46. The van der Waals surface area contributed by atoms with Gasteiger partial charge in [-0.05, 0) is 46.0 Å². The minimum atomic E-state index is -1.06. The second-order valence-corrected chi connectivity index (χ2v) is 6.72. The highest BCUT2D eigenvalue weighted by molar-refractivity contribution is 5.77. The SMILES string of the molecule is CC(C)(C)OC(=O)C(CC(N)C(=O)O)C1CCCCC1. The normalized spacial score (nSPS) is 20.2. The fraction of sp³-hybridized carbons (Fsp3) is 0.867. The summed E-state index contributed by atoms with van der Waals surface area (Å²) in [5, 5.41) is 8.97. The van der Waals surface area contributed by atoms with Crippen LogP contribution in [0.5, 0.6) is 0 Å². The third-order valence-electron chi connectivity index (χ3n) is 3.75. The zero-order valence-electron chi connectivity index (χ0n) is 12.7. The van der Waals surface area contributed by atoms with Gasteiger partial charge in [-0.1, -0.05) is 19.3 Å². The van der Waals surface area contributed by atoms with Gasteiger partial charge >= 0.3 is 11.9 Å². The smallest absolute Gasteiger partial charge is 0.320 e. The molecule has 0 aromatic rings. The van der Waals surface area contributed by atoms with Crippen molar-refractivity contribution in [3.63, 3.8) is 0 Å². The molecule has 0 spiro atoms. The molecule has 20 heavy (non-hydrogen) atoms. The summed E-state index contributed by atoms with van der Waals surface area (Å²) in [5.74, 6) is -1.57. The Morgan fingerprint density at radius 3 is 2.25 bits per heavy atom. The van der Waals surface area contributed by atoms with Gasteiger partial charge in [0.15, 0.2) is 0 Å². The van der Waals surface area contributed by atoms with E-state index in [1.165, 1.54) is 6.42 Å². The first-order valence-corrected chi connectivity index (χ1v) is 7.42. The predicted octanol–water partition coefficient (Wildman–Crippen LogP) is 2.33. The number of ether oxygens (including phenoxy) is 1. The van der Waals surface area contributed by atoms with Crippen molar-refractivity contribution in [3.8, 4) is 0 Å². The Hall–Kier alpha value is -1.10. The van der Waals surface area contributed by atoms with E-state index in [9.17, 15) is 9.59 Å². The molecule has 2 unspecified atom stereocenters. The lowest BCUT2D eigenvalue weighted by atomic mass is 9.77. The van der Waals surface area contributed by atoms with Gasteiger partial charge < -0.3 is 15.6 Å². The van der Waals surface area contributed by atoms with Gasteiger partial charge in [0.05, 0.1) is 5.92 Å². The van der Waals surface area contributed by atoms with Crippen molar-refractivity contribution in [1.82, 2.24) is 0 Å². The van der Waals surface area contributed by atoms with E-state index in [1.54, 1.807) is 0 Å². The molecule has 1 rings (SSSR count). The van der Waals surface area contributed by atoms with E-state index in [0.717, 1.165) is 25.7 Å². The molecule has 1 saturated carbocycles. The van der Waals surface area contributed by atoms with Gasteiger partial charge in [0.1, 0.15) is 11.6 Å². The Bertz CT molecular complexity index is 342. The van der Waals surface area contributed by atoms with Crippen LogP contribution in [0.4, 0.5) is 0 Å². The van der Waals surface area contributed by atoms with Gasteiger partial charge in [0.2, 0.25) is 0 Å². The van der Waals surface area contributed by atoms with Crippen LogP contribution in [0.15, 0.2) is 0 Å². The summed E-state index contributed by atoms with van der Waals surface area (Å²) >= 11 is 0. The molecule has 1 aliphatic rings. The molecule has 0 saturated heterocycles. The van der Waals surface area contributed by atoms with Crippen LogP contribution in [0.3, 0.4) is 0 Å². The van der Waals surface area contributed by atoms with Gasteiger partial charge in [-0.2, -0.15) is 0 Å². The number of carboxylic acid groups (broad SMARTS) is 1. The number of carboxylic acids is 1. The second-order valence-electron chi connectivity index (χ2n) is 6.72. The molecule has 0 radical (unpaired) electrons. The standard InChI is InChI=1S/C15H27NO4/c1-15(2,3)20-14(19)11(9-12(16)13(17)18)10-7-5-4-6-8-10/h10-12H,4-9,16H2,1-3H3,(H,17,18). The maximum absolute atomic E-state index is 12.3. The minimum Gasteiger partial charge on any atom is -0.480 e. The molecule has 0 aromatic heterocycles. The molecule has 0 heterocycles. The highest BCUT2D eigenvalue weighted by atomic mass is 16.6. The molecule has 0 bridgehead atoms. The Kier molecular flexibility index (Phi) is 5.99. The number of hydrogen-bond donors (Lipinski definition) is 2. The van der Waals surface area contributed by atoms with Gasteiger partial charge in [-0.15, -0.1) is 0 Å². The van der Waals surface area contributed by atoms with E-state index in [4.69, 9.17) is 15.6 Å². The first-order chi connectivity index (χ1) is 9.20. The maximum Gasteiger partial charge on any atom is 0.320 e. The number of nitrogens with two attached hydrogens (primary N) is 1. The number of esters is 1. The summed E-state index contributed by atoms with van der Waals surface area (Å²) in [6, 6.07) is -1.01. The number of aliphatic carboxylic acids is 1.